The molecule has 0 bridgehead atoms. The minimum atomic E-state index is -0.276. The van der Waals surface area contributed by atoms with Crippen LogP contribution in [0.1, 0.15) is 38.4 Å². The Morgan fingerprint density at radius 2 is 2.05 bits per heavy atom. The van der Waals surface area contributed by atoms with Gasteiger partial charge in [0, 0.05) is 19.6 Å². The highest BCUT2D eigenvalue weighted by Crippen LogP contribution is 2.22. The molecule has 112 valence electrons. The lowest BCUT2D eigenvalue weighted by Crippen LogP contribution is -2.40. The van der Waals surface area contributed by atoms with Crippen molar-refractivity contribution in [3.63, 3.8) is 0 Å². The number of aromatic nitrogens is 1. The standard InChI is InChI=1S/C16H26FN3/c1-12-8-13(2)11-20(10-12)7-6-15(18-3)16-5-4-14(17)9-19-16/h4-5,9,12-13,15,18H,6-8,10-11H2,1-3H3. The number of halogens is 1. The molecule has 1 saturated heterocycles. The number of pyridine rings is 1. The lowest BCUT2D eigenvalue weighted by molar-refractivity contribution is 0.135. The van der Waals surface area contributed by atoms with Gasteiger partial charge < -0.3 is 10.2 Å². The second kappa shape index (κ2) is 7.14. The van der Waals surface area contributed by atoms with Gasteiger partial charge in [-0.05, 0) is 43.9 Å². The van der Waals surface area contributed by atoms with E-state index in [4.69, 9.17) is 0 Å². The molecule has 0 spiro atoms. The van der Waals surface area contributed by atoms with Crippen molar-refractivity contribution in [2.24, 2.45) is 11.8 Å². The second-order valence-electron chi connectivity index (χ2n) is 6.24. The van der Waals surface area contributed by atoms with Gasteiger partial charge in [0.1, 0.15) is 5.82 Å². The first-order valence-corrected chi connectivity index (χ1v) is 7.59. The van der Waals surface area contributed by atoms with Crippen molar-refractivity contribution in [2.45, 2.75) is 32.7 Å². The number of nitrogens with zero attached hydrogens (tertiary/aromatic N) is 2. The van der Waals surface area contributed by atoms with Gasteiger partial charge >= 0.3 is 0 Å². The molecule has 1 N–H and O–H groups in total. The number of piperidine rings is 1. The van der Waals surface area contributed by atoms with Gasteiger partial charge in [-0.15, -0.1) is 0 Å². The van der Waals surface area contributed by atoms with Gasteiger partial charge in [-0.1, -0.05) is 13.8 Å². The molecule has 3 nitrogen and oxygen atoms in total. The summed E-state index contributed by atoms with van der Waals surface area (Å²) in [5, 5.41) is 3.29. The van der Waals surface area contributed by atoms with Crippen molar-refractivity contribution >= 4 is 0 Å². The van der Waals surface area contributed by atoms with Crippen molar-refractivity contribution in [3.05, 3.63) is 29.8 Å². The monoisotopic (exact) mass is 279 g/mol. The third-order valence-corrected chi connectivity index (χ3v) is 4.13. The molecule has 2 rings (SSSR count). The van der Waals surface area contributed by atoms with Crippen molar-refractivity contribution in [1.29, 1.82) is 0 Å². The van der Waals surface area contributed by atoms with E-state index in [2.05, 4.69) is 29.0 Å². The molecule has 20 heavy (non-hydrogen) atoms. The fraction of sp³-hybridized carbons (Fsp3) is 0.688. The summed E-state index contributed by atoms with van der Waals surface area (Å²) in [6.07, 6.45) is 3.64. The summed E-state index contributed by atoms with van der Waals surface area (Å²) in [4.78, 5) is 6.74. The largest absolute Gasteiger partial charge is 0.312 e. The minimum absolute atomic E-state index is 0.197. The lowest BCUT2D eigenvalue weighted by Gasteiger charge is -2.35. The molecule has 1 aliphatic heterocycles. The molecular weight excluding hydrogens is 253 g/mol. The summed E-state index contributed by atoms with van der Waals surface area (Å²) < 4.78 is 12.9. The first kappa shape index (κ1) is 15.4. The van der Waals surface area contributed by atoms with Crippen molar-refractivity contribution in [3.8, 4) is 0 Å². The minimum Gasteiger partial charge on any atom is -0.312 e. The molecule has 3 unspecified atom stereocenters. The normalized spacial score (nSPS) is 25.6. The van der Waals surface area contributed by atoms with E-state index < -0.39 is 0 Å². The van der Waals surface area contributed by atoms with Crippen LogP contribution >= 0.6 is 0 Å². The van der Waals surface area contributed by atoms with Crippen molar-refractivity contribution in [2.75, 3.05) is 26.7 Å². The average molecular weight is 279 g/mol. The van der Waals surface area contributed by atoms with Crippen LogP contribution in [0.5, 0.6) is 0 Å². The molecule has 0 aromatic carbocycles. The molecule has 3 atom stereocenters. The number of rotatable bonds is 5. The van der Waals surface area contributed by atoms with Crippen LogP contribution in [0.25, 0.3) is 0 Å². The Morgan fingerprint density at radius 1 is 1.35 bits per heavy atom. The maximum atomic E-state index is 12.9. The Kier molecular flexibility index (Phi) is 5.49. The summed E-state index contributed by atoms with van der Waals surface area (Å²) in [5.41, 5.74) is 0.923. The summed E-state index contributed by atoms with van der Waals surface area (Å²) in [5.74, 6) is 1.30. The van der Waals surface area contributed by atoms with Gasteiger partial charge in [0.15, 0.2) is 0 Å². The third kappa shape index (κ3) is 4.25. The van der Waals surface area contributed by atoms with Gasteiger partial charge in [0.25, 0.3) is 0 Å². The van der Waals surface area contributed by atoms with Crippen LogP contribution in [0.2, 0.25) is 0 Å². The molecular formula is C16H26FN3. The molecule has 1 fully saturated rings. The summed E-state index contributed by atoms with van der Waals surface area (Å²) >= 11 is 0. The summed E-state index contributed by atoms with van der Waals surface area (Å²) in [6, 6.07) is 3.46. The van der Waals surface area contributed by atoms with E-state index in [1.165, 1.54) is 31.8 Å². The average Bonchev–Trinajstić information content (AvgIpc) is 2.40. The van der Waals surface area contributed by atoms with Crippen molar-refractivity contribution in [1.82, 2.24) is 15.2 Å². The zero-order valence-electron chi connectivity index (χ0n) is 12.8. The van der Waals surface area contributed by atoms with E-state index in [0.717, 1.165) is 30.5 Å². The van der Waals surface area contributed by atoms with E-state index in [1.807, 2.05) is 7.05 Å². The Morgan fingerprint density at radius 3 is 2.60 bits per heavy atom. The fourth-order valence-electron chi connectivity index (χ4n) is 3.32. The number of likely N-dealkylation sites (tertiary alicyclic amines) is 1. The van der Waals surface area contributed by atoms with Crippen LogP contribution in [0.4, 0.5) is 4.39 Å². The van der Waals surface area contributed by atoms with Crippen LogP contribution < -0.4 is 5.32 Å². The number of nitrogens with one attached hydrogen (secondary N) is 1. The Bertz CT molecular complexity index is 397. The molecule has 0 amide bonds. The van der Waals surface area contributed by atoms with Crippen LogP contribution in [-0.2, 0) is 0 Å². The highest BCUT2D eigenvalue weighted by molar-refractivity contribution is 5.09. The second-order valence-corrected chi connectivity index (χ2v) is 6.24. The zero-order valence-corrected chi connectivity index (χ0v) is 12.8. The molecule has 1 aromatic heterocycles. The van der Waals surface area contributed by atoms with Crippen LogP contribution in [0.15, 0.2) is 18.3 Å². The highest BCUT2D eigenvalue weighted by atomic mass is 19.1. The summed E-state index contributed by atoms with van der Waals surface area (Å²) in [7, 11) is 1.94. The molecule has 2 heterocycles. The van der Waals surface area contributed by atoms with Crippen LogP contribution in [0, 0.1) is 17.7 Å². The highest BCUT2D eigenvalue weighted by Gasteiger charge is 2.22. The van der Waals surface area contributed by atoms with Gasteiger partial charge in [-0.3, -0.25) is 4.98 Å². The van der Waals surface area contributed by atoms with E-state index in [1.54, 1.807) is 6.07 Å². The van der Waals surface area contributed by atoms with Gasteiger partial charge in [0.2, 0.25) is 0 Å². The molecule has 1 aromatic rings. The first-order chi connectivity index (χ1) is 9.58. The zero-order chi connectivity index (χ0) is 14.5. The smallest absolute Gasteiger partial charge is 0.141 e. The Labute approximate surface area is 121 Å². The quantitative estimate of drug-likeness (QED) is 0.898. The van der Waals surface area contributed by atoms with E-state index >= 15 is 0 Å². The molecule has 4 heteroatoms. The molecule has 0 aliphatic carbocycles. The van der Waals surface area contributed by atoms with Gasteiger partial charge in [-0.2, -0.15) is 0 Å². The number of hydrogen-bond donors (Lipinski definition) is 1. The van der Waals surface area contributed by atoms with E-state index in [-0.39, 0.29) is 11.9 Å². The Hall–Kier alpha value is -1.00. The fourth-order valence-corrected chi connectivity index (χ4v) is 3.32. The molecule has 0 radical (unpaired) electrons. The van der Waals surface area contributed by atoms with Gasteiger partial charge in [0.05, 0.1) is 17.9 Å². The van der Waals surface area contributed by atoms with E-state index in [0.29, 0.717) is 0 Å². The van der Waals surface area contributed by atoms with E-state index in [9.17, 15) is 4.39 Å². The van der Waals surface area contributed by atoms with Crippen LogP contribution in [0.3, 0.4) is 0 Å². The predicted molar refractivity (Wildman–Crippen MR) is 80.0 cm³/mol. The maximum absolute atomic E-state index is 12.9. The number of hydrogen-bond acceptors (Lipinski definition) is 3. The van der Waals surface area contributed by atoms with Crippen molar-refractivity contribution < 1.29 is 4.39 Å². The predicted octanol–water partition coefficient (Wildman–Crippen LogP) is 2.85. The topological polar surface area (TPSA) is 28.2 Å². The lowest BCUT2D eigenvalue weighted by atomic mass is 9.91. The van der Waals surface area contributed by atoms with Gasteiger partial charge in [-0.25, -0.2) is 4.39 Å². The first-order valence-electron chi connectivity index (χ1n) is 7.59. The molecule has 1 aliphatic rings. The molecule has 0 saturated carbocycles. The Balaban J connectivity index is 1.89. The SMILES string of the molecule is CNC(CCN1CC(C)CC(C)C1)c1ccc(F)cn1. The summed E-state index contributed by atoms with van der Waals surface area (Å²) in [6.45, 7) is 8.12. The van der Waals surface area contributed by atoms with Crippen LogP contribution in [-0.4, -0.2) is 36.6 Å². The third-order valence-electron chi connectivity index (χ3n) is 4.13. The maximum Gasteiger partial charge on any atom is 0.141 e.